The van der Waals surface area contributed by atoms with Crippen molar-refractivity contribution in [2.45, 2.75) is 6.92 Å². The molecule has 4 rings (SSSR count). The van der Waals surface area contributed by atoms with Crippen LogP contribution in [-0.2, 0) is 4.79 Å². The summed E-state index contributed by atoms with van der Waals surface area (Å²) in [6.45, 7) is 2.02. The van der Waals surface area contributed by atoms with Crippen molar-refractivity contribution < 1.29 is 9.53 Å². The molecule has 0 saturated heterocycles. The van der Waals surface area contributed by atoms with E-state index in [1.54, 1.807) is 18.0 Å². The highest BCUT2D eigenvalue weighted by atomic mass is 32.1. The number of ether oxygens (including phenoxy) is 1. The van der Waals surface area contributed by atoms with Gasteiger partial charge in [-0.25, -0.2) is 4.98 Å². The van der Waals surface area contributed by atoms with Gasteiger partial charge < -0.3 is 15.4 Å². The number of aromatic nitrogens is 1. The van der Waals surface area contributed by atoms with E-state index in [4.69, 9.17) is 10.5 Å². The Balaban J connectivity index is 1.70. The van der Waals surface area contributed by atoms with Gasteiger partial charge in [0.15, 0.2) is 16.6 Å². The van der Waals surface area contributed by atoms with E-state index in [1.165, 1.54) is 16.9 Å². The highest BCUT2D eigenvalue weighted by Gasteiger charge is 2.28. The van der Waals surface area contributed by atoms with E-state index in [0.29, 0.717) is 22.3 Å². The molecule has 0 atom stereocenters. The third-order valence-corrected chi connectivity index (χ3v) is 4.92. The van der Waals surface area contributed by atoms with Gasteiger partial charge in [0, 0.05) is 18.0 Å². The number of anilines is 2. The Hall–Kier alpha value is -3.12. The van der Waals surface area contributed by atoms with Gasteiger partial charge in [0.05, 0.1) is 11.4 Å². The van der Waals surface area contributed by atoms with Gasteiger partial charge in [0.2, 0.25) is 0 Å². The Morgan fingerprint density at radius 3 is 2.65 bits per heavy atom. The first kappa shape index (κ1) is 16.4. The van der Waals surface area contributed by atoms with Crippen LogP contribution < -0.4 is 15.4 Å². The Bertz CT molecular complexity index is 1020. The van der Waals surface area contributed by atoms with Gasteiger partial charge >= 0.3 is 0 Å². The second kappa shape index (κ2) is 6.31. The van der Waals surface area contributed by atoms with Crippen LogP contribution in [0.3, 0.4) is 0 Å². The summed E-state index contributed by atoms with van der Waals surface area (Å²) in [4.78, 5) is 18.6. The van der Waals surface area contributed by atoms with E-state index >= 15 is 0 Å². The predicted molar refractivity (Wildman–Crippen MR) is 105 cm³/mol. The van der Waals surface area contributed by atoms with Crippen molar-refractivity contribution in [3.8, 4) is 17.0 Å². The summed E-state index contributed by atoms with van der Waals surface area (Å²) in [6.07, 6.45) is 1.76. The molecule has 0 radical (unpaired) electrons. The number of aryl methyl sites for hydroxylation is 1. The first-order valence-corrected chi connectivity index (χ1v) is 8.99. The van der Waals surface area contributed by atoms with Crippen LogP contribution in [0.4, 0.5) is 10.8 Å². The number of carbonyl (C=O) groups excluding carboxylic acids is 1. The molecular weight excluding hydrogens is 346 g/mol. The maximum Gasteiger partial charge on any atom is 0.293 e. The van der Waals surface area contributed by atoms with E-state index in [1.807, 2.05) is 54.8 Å². The van der Waals surface area contributed by atoms with Gasteiger partial charge in [-0.3, -0.25) is 4.79 Å². The molecule has 1 amide bonds. The Morgan fingerprint density at radius 2 is 1.96 bits per heavy atom. The van der Waals surface area contributed by atoms with Crippen LogP contribution in [0.25, 0.3) is 17.3 Å². The van der Waals surface area contributed by atoms with Gasteiger partial charge in [-0.05, 0) is 36.8 Å². The molecule has 2 aromatic carbocycles. The number of hydrogen-bond acceptors (Lipinski definition) is 5. The lowest BCUT2D eigenvalue weighted by atomic mass is 10.1. The minimum atomic E-state index is -0.187. The van der Waals surface area contributed by atoms with Crippen LogP contribution in [0.5, 0.6) is 5.75 Å². The van der Waals surface area contributed by atoms with Crippen LogP contribution in [0, 0.1) is 6.92 Å². The number of nitrogens with two attached hydrogens (primary N) is 1. The predicted octanol–water partition coefficient (Wildman–Crippen LogP) is 4.10. The molecule has 5 nitrogen and oxygen atoms in total. The number of carbonyl (C=O) groups is 1. The van der Waals surface area contributed by atoms with Crippen molar-refractivity contribution in [1.29, 1.82) is 0 Å². The minimum Gasteiger partial charge on any atom is -0.449 e. The van der Waals surface area contributed by atoms with Gasteiger partial charge in [0.1, 0.15) is 0 Å². The molecule has 0 aliphatic carbocycles. The fourth-order valence-corrected chi connectivity index (χ4v) is 3.36. The van der Waals surface area contributed by atoms with Crippen molar-refractivity contribution in [2.24, 2.45) is 0 Å². The summed E-state index contributed by atoms with van der Waals surface area (Å²) in [5, 5.41) is 2.41. The number of fused-ring (bicyclic) bond motifs is 1. The quantitative estimate of drug-likeness (QED) is 0.696. The number of nitrogens with zero attached hydrogens (tertiary/aromatic N) is 2. The first-order chi connectivity index (χ1) is 12.5. The third kappa shape index (κ3) is 2.95. The van der Waals surface area contributed by atoms with Crippen LogP contribution in [0.15, 0.2) is 53.6 Å². The molecule has 0 unspecified atom stereocenters. The van der Waals surface area contributed by atoms with Crippen LogP contribution >= 0.6 is 11.3 Å². The van der Waals surface area contributed by atoms with Crippen molar-refractivity contribution in [1.82, 2.24) is 4.98 Å². The normalized spacial score (nSPS) is 15.1. The fourth-order valence-electron chi connectivity index (χ4n) is 2.79. The maximum absolute atomic E-state index is 12.7. The molecule has 2 N–H and O–H groups in total. The summed E-state index contributed by atoms with van der Waals surface area (Å²) >= 11 is 1.39. The minimum absolute atomic E-state index is 0.187. The van der Waals surface area contributed by atoms with Crippen molar-refractivity contribution in [3.63, 3.8) is 0 Å². The van der Waals surface area contributed by atoms with Gasteiger partial charge in [-0.1, -0.05) is 29.8 Å². The second-order valence-corrected chi connectivity index (χ2v) is 7.03. The summed E-state index contributed by atoms with van der Waals surface area (Å²) in [6, 6.07) is 13.6. The topological polar surface area (TPSA) is 68.5 Å². The van der Waals surface area contributed by atoms with Crippen molar-refractivity contribution in [3.05, 3.63) is 64.7 Å². The summed E-state index contributed by atoms with van der Waals surface area (Å²) < 4.78 is 5.87. The standard InChI is InChI=1S/C20H17N3O2S/c1-12-3-5-13(6-4-12)9-18-19(24)23(2)16-10-14(7-8-17(16)25-18)15-11-26-20(21)22-15/h3-11H,1-2H3,(H2,21,22)/b18-9+. The number of benzene rings is 2. The lowest BCUT2D eigenvalue weighted by Gasteiger charge is -2.27. The molecule has 0 saturated carbocycles. The highest BCUT2D eigenvalue weighted by molar-refractivity contribution is 7.13. The van der Waals surface area contributed by atoms with E-state index in [0.717, 1.165) is 16.8 Å². The molecule has 2 heterocycles. The SMILES string of the molecule is Cc1ccc(/C=C2/Oc3ccc(-c4csc(N)n4)cc3N(C)C2=O)cc1. The smallest absolute Gasteiger partial charge is 0.293 e. The van der Waals surface area contributed by atoms with Gasteiger partial charge in [0.25, 0.3) is 5.91 Å². The zero-order chi connectivity index (χ0) is 18.3. The van der Waals surface area contributed by atoms with E-state index in [9.17, 15) is 4.79 Å². The molecule has 1 aliphatic rings. The Labute approximate surface area is 155 Å². The number of rotatable bonds is 2. The van der Waals surface area contributed by atoms with E-state index < -0.39 is 0 Å². The molecule has 0 fully saturated rings. The van der Waals surface area contributed by atoms with Crippen molar-refractivity contribution in [2.75, 3.05) is 17.7 Å². The number of likely N-dealkylation sites (N-methyl/N-ethyl adjacent to an activating group) is 1. The monoisotopic (exact) mass is 363 g/mol. The number of thiazole rings is 1. The summed E-state index contributed by atoms with van der Waals surface area (Å²) in [5.74, 6) is 0.750. The average molecular weight is 363 g/mol. The number of amides is 1. The largest absolute Gasteiger partial charge is 0.449 e. The number of hydrogen-bond donors (Lipinski definition) is 1. The molecule has 6 heteroatoms. The Morgan fingerprint density at radius 1 is 1.19 bits per heavy atom. The molecule has 3 aromatic rings. The maximum atomic E-state index is 12.7. The summed E-state index contributed by atoms with van der Waals surface area (Å²) in [5.41, 5.74) is 10.2. The summed E-state index contributed by atoms with van der Waals surface area (Å²) in [7, 11) is 1.74. The van der Waals surface area contributed by atoms with Crippen LogP contribution in [0.2, 0.25) is 0 Å². The molecule has 1 aliphatic heterocycles. The lowest BCUT2D eigenvalue weighted by molar-refractivity contribution is -0.117. The zero-order valence-electron chi connectivity index (χ0n) is 14.4. The second-order valence-electron chi connectivity index (χ2n) is 6.14. The molecule has 26 heavy (non-hydrogen) atoms. The first-order valence-electron chi connectivity index (χ1n) is 8.11. The van der Waals surface area contributed by atoms with Crippen LogP contribution in [-0.4, -0.2) is 17.9 Å². The fraction of sp³-hybridized carbons (Fsp3) is 0.100. The number of nitrogen functional groups attached to an aromatic ring is 1. The average Bonchev–Trinajstić information content (AvgIpc) is 3.07. The van der Waals surface area contributed by atoms with E-state index in [2.05, 4.69) is 4.98 Å². The van der Waals surface area contributed by atoms with Gasteiger partial charge in [-0.2, -0.15) is 0 Å². The third-order valence-electron chi connectivity index (χ3n) is 4.25. The lowest BCUT2D eigenvalue weighted by Crippen LogP contribution is -2.33. The molecule has 130 valence electrons. The molecular formula is C20H17N3O2S. The van der Waals surface area contributed by atoms with Crippen molar-refractivity contribution >= 4 is 34.1 Å². The molecule has 0 bridgehead atoms. The Kier molecular flexibility index (Phi) is 3.97. The zero-order valence-corrected chi connectivity index (χ0v) is 15.2. The highest BCUT2D eigenvalue weighted by Crippen LogP contribution is 2.38. The van der Waals surface area contributed by atoms with Gasteiger partial charge in [-0.15, -0.1) is 11.3 Å². The van der Waals surface area contributed by atoms with Crippen LogP contribution in [0.1, 0.15) is 11.1 Å². The molecule has 1 aromatic heterocycles. The molecule has 0 spiro atoms. The van der Waals surface area contributed by atoms with E-state index in [-0.39, 0.29) is 5.91 Å².